The summed E-state index contributed by atoms with van der Waals surface area (Å²) in [4.78, 5) is 87.6. The maximum Gasteiger partial charge on any atom is 0.343 e. The van der Waals surface area contributed by atoms with Crippen LogP contribution in [0.1, 0.15) is 78.5 Å². The van der Waals surface area contributed by atoms with E-state index in [9.17, 15) is 51.1 Å². The zero-order chi connectivity index (χ0) is 51.5. The lowest BCUT2D eigenvalue weighted by molar-refractivity contribution is -0.121. The average molecular weight is 1060 g/mol. The van der Waals surface area contributed by atoms with Gasteiger partial charge in [-0.2, -0.15) is 44.1 Å². The molecule has 2 saturated heterocycles. The highest BCUT2D eigenvalue weighted by atomic mass is 32.2. The molecule has 2 fully saturated rings. The van der Waals surface area contributed by atoms with E-state index in [-0.39, 0.29) is 110 Å². The lowest BCUT2D eigenvalue weighted by atomic mass is 10.0. The molecule has 71 heavy (non-hydrogen) atoms. The van der Waals surface area contributed by atoms with E-state index in [1.807, 2.05) is 11.8 Å². The normalized spacial score (nSPS) is 16.3. The molecule has 0 aliphatic carbocycles. The van der Waals surface area contributed by atoms with Crippen LogP contribution in [0.4, 0.5) is 28.0 Å². The number of carbonyl (C=O) groups is 7. The van der Waals surface area contributed by atoms with Gasteiger partial charge in [0.1, 0.15) is 0 Å². The summed E-state index contributed by atoms with van der Waals surface area (Å²) in [6.45, 7) is 2.60. The van der Waals surface area contributed by atoms with Gasteiger partial charge in [0.25, 0.3) is 5.91 Å². The first-order valence-corrected chi connectivity index (χ1v) is 27.0. The molecule has 4 unspecified atom stereocenters. The molecule has 0 spiro atoms. The van der Waals surface area contributed by atoms with E-state index in [2.05, 4.69) is 37.2 Å². The minimum absolute atomic E-state index is 0.0173. The van der Waals surface area contributed by atoms with Crippen LogP contribution in [0.15, 0.2) is 24.3 Å². The first-order valence-electron chi connectivity index (χ1n) is 23.2. The Morgan fingerprint density at radius 2 is 1.34 bits per heavy atom. The number of benzene rings is 2. The Balaban J connectivity index is 1.13. The van der Waals surface area contributed by atoms with Crippen molar-refractivity contribution >= 4 is 82.5 Å². The van der Waals surface area contributed by atoms with Gasteiger partial charge in [-0.05, 0) is 62.8 Å². The zero-order valence-corrected chi connectivity index (χ0v) is 42.1. The second-order valence-electron chi connectivity index (χ2n) is 16.4. The molecule has 7 amide bonds. The summed E-state index contributed by atoms with van der Waals surface area (Å²) in [5, 5.41) is 19.9. The number of hydrogen-bond acceptors (Lipinski definition) is 14. The largest absolute Gasteiger partial charge is 0.416 e. The number of carbonyl (C=O) groups excluding carboxylic acids is 7. The number of fused-ring (bicyclic) bond motifs is 1. The molecule has 4 atom stereocenters. The van der Waals surface area contributed by atoms with Gasteiger partial charge in [-0.1, -0.05) is 12.8 Å². The van der Waals surface area contributed by atoms with Gasteiger partial charge >= 0.3 is 12.0 Å². The van der Waals surface area contributed by atoms with Crippen molar-refractivity contribution in [2.24, 2.45) is 0 Å². The number of anilines is 1. The molecule has 394 valence electrons. The number of unbranched alkanes of at least 4 members (excludes halogenated alkanes) is 2. The van der Waals surface area contributed by atoms with Crippen LogP contribution in [0.5, 0.6) is 5.75 Å². The average Bonchev–Trinajstić information content (AvgIpc) is 3.90. The van der Waals surface area contributed by atoms with Crippen LogP contribution < -0.4 is 42.0 Å². The van der Waals surface area contributed by atoms with Crippen LogP contribution in [-0.2, 0) is 33.4 Å². The van der Waals surface area contributed by atoms with Gasteiger partial charge < -0.3 is 56.2 Å². The van der Waals surface area contributed by atoms with Crippen LogP contribution >= 0.6 is 35.3 Å². The summed E-state index contributed by atoms with van der Waals surface area (Å²) in [6.07, 6.45) is 8.67. The Morgan fingerprint density at radius 3 is 2.01 bits per heavy atom. The van der Waals surface area contributed by atoms with Gasteiger partial charge in [-0.15, -0.1) is 0 Å². The molecule has 2 aromatic rings. The lowest BCUT2D eigenvalue weighted by Gasteiger charge is -2.19. The maximum absolute atomic E-state index is 14.4. The number of urea groups is 1. The number of halogens is 4. The molecule has 25 heteroatoms. The minimum atomic E-state index is -1.97. The van der Waals surface area contributed by atoms with Gasteiger partial charge in [0, 0.05) is 80.1 Å². The Hall–Kier alpha value is -4.82. The smallest absolute Gasteiger partial charge is 0.343 e. The molecular formula is C46H63F4N7O11S3. The molecule has 2 aromatic carbocycles. The molecule has 2 aliphatic rings. The van der Waals surface area contributed by atoms with Crippen LogP contribution in [0, 0.1) is 23.3 Å². The number of thioether (sulfide) groups is 3. The monoisotopic (exact) mass is 1060 g/mol. The Kier molecular flexibility index (Phi) is 26.7. The van der Waals surface area contributed by atoms with E-state index in [1.54, 1.807) is 12.5 Å². The molecule has 0 radical (unpaired) electrons. The summed E-state index contributed by atoms with van der Waals surface area (Å²) in [5.41, 5.74) is -0.836. The number of rotatable bonds is 34. The molecule has 2 aliphatic heterocycles. The van der Waals surface area contributed by atoms with E-state index in [1.165, 1.54) is 29.6 Å². The van der Waals surface area contributed by atoms with Crippen molar-refractivity contribution in [2.45, 2.75) is 81.2 Å². The molecule has 4 rings (SSSR count). The third-order valence-electron chi connectivity index (χ3n) is 10.8. The Bertz CT molecular complexity index is 2090. The van der Waals surface area contributed by atoms with E-state index in [4.69, 9.17) is 18.9 Å². The summed E-state index contributed by atoms with van der Waals surface area (Å²) in [6, 6.07) is 2.90. The quantitative estimate of drug-likeness (QED) is 0.0129. The van der Waals surface area contributed by atoms with Gasteiger partial charge in [0.15, 0.2) is 11.6 Å². The fourth-order valence-electron chi connectivity index (χ4n) is 7.28. The summed E-state index contributed by atoms with van der Waals surface area (Å²) < 4.78 is 77.9. The van der Waals surface area contributed by atoms with Crippen molar-refractivity contribution in [1.29, 1.82) is 0 Å². The molecule has 7 N–H and O–H groups in total. The van der Waals surface area contributed by atoms with Crippen molar-refractivity contribution in [3.8, 4) is 5.75 Å². The highest BCUT2D eigenvalue weighted by Gasteiger charge is 2.42. The Morgan fingerprint density at radius 1 is 0.704 bits per heavy atom. The van der Waals surface area contributed by atoms with Gasteiger partial charge in [-0.3, -0.25) is 24.0 Å². The standard InChI is InChI=1S/C46H63F4N7O11S3/c1-69-26-38(60)53-24-30(54-39(61)27-70-2)10-11-37(59)55-31-21-28(20-29(22-31)45(63)68-43-40(49)32(47)23-33(48)41(43)50)44(62)52-13-7-15-66-17-19-67-18-16-65-14-6-12-51-36(58)9-5-3-4-8-35-42-34(25-71-35)56-46(64)57-42/h20-23,30,34-35,42H,3-19,24-27H2,1-2H3,(H,51,58)(H,52,62)(H,53,60)(H,54,61)(H,55,59)(H2,56,57,64). The molecule has 18 nitrogen and oxygen atoms in total. The molecule has 2 heterocycles. The van der Waals surface area contributed by atoms with Crippen molar-refractivity contribution < 1.29 is 70.1 Å². The number of nitrogens with one attached hydrogen (secondary N) is 7. The van der Waals surface area contributed by atoms with Gasteiger partial charge in [0.2, 0.25) is 41.0 Å². The van der Waals surface area contributed by atoms with E-state index in [0.717, 1.165) is 43.6 Å². The predicted octanol–water partition coefficient (Wildman–Crippen LogP) is 4.30. The second kappa shape index (κ2) is 32.3. The highest BCUT2D eigenvalue weighted by Crippen LogP contribution is 2.33. The molecule has 0 saturated carbocycles. The van der Waals surface area contributed by atoms with Crippen molar-refractivity contribution in [2.75, 3.05) is 94.4 Å². The minimum Gasteiger partial charge on any atom is -0.416 e. The molecular weight excluding hydrogens is 999 g/mol. The van der Waals surface area contributed by atoms with Crippen molar-refractivity contribution in [1.82, 2.24) is 31.9 Å². The first kappa shape index (κ1) is 58.7. The van der Waals surface area contributed by atoms with Crippen molar-refractivity contribution in [3.05, 3.63) is 58.7 Å². The van der Waals surface area contributed by atoms with Crippen LogP contribution in [0.3, 0.4) is 0 Å². The van der Waals surface area contributed by atoms with E-state index >= 15 is 0 Å². The summed E-state index contributed by atoms with van der Waals surface area (Å²) >= 11 is 4.48. The zero-order valence-electron chi connectivity index (χ0n) is 39.7. The maximum atomic E-state index is 14.4. The van der Waals surface area contributed by atoms with E-state index < -0.39 is 58.4 Å². The third kappa shape index (κ3) is 21.4. The summed E-state index contributed by atoms with van der Waals surface area (Å²) in [5.74, 6) is -11.4. The van der Waals surface area contributed by atoms with Gasteiger partial charge in [-0.25, -0.2) is 18.4 Å². The summed E-state index contributed by atoms with van der Waals surface area (Å²) in [7, 11) is 0. The van der Waals surface area contributed by atoms with Crippen LogP contribution in [0.25, 0.3) is 0 Å². The SMILES string of the molecule is CSCC(=O)NCC(CCC(=O)Nc1cc(C(=O)NCCCOCCOCCOCCCNC(=O)CCCCCC2SCC3NC(=O)NC32)cc(C(=O)Oc2c(F)c(F)cc(F)c2F)c1)NC(=O)CSC. The second-order valence-corrected chi connectivity index (χ2v) is 19.4. The van der Waals surface area contributed by atoms with Crippen LogP contribution in [0.2, 0.25) is 0 Å². The number of amides is 7. The van der Waals surface area contributed by atoms with Gasteiger partial charge in [0.05, 0.1) is 55.6 Å². The topological polar surface area (TPSA) is 241 Å². The highest BCUT2D eigenvalue weighted by molar-refractivity contribution is 8.00. The first-order chi connectivity index (χ1) is 34.2. The van der Waals surface area contributed by atoms with E-state index in [0.29, 0.717) is 50.9 Å². The third-order valence-corrected chi connectivity index (χ3v) is 13.4. The Labute approximate surface area is 422 Å². The molecule has 0 bridgehead atoms. The fourth-order valence-corrected chi connectivity index (χ4v) is 9.53. The number of esters is 1. The lowest BCUT2D eigenvalue weighted by Crippen LogP contribution is -2.45. The molecule has 0 aromatic heterocycles. The number of hydrogen-bond donors (Lipinski definition) is 7. The number of ether oxygens (including phenoxy) is 4. The fraction of sp³-hybridized carbons (Fsp3) is 0.587. The predicted molar refractivity (Wildman–Crippen MR) is 263 cm³/mol. The van der Waals surface area contributed by atoms with Crippen LogP contribution in [-0.4, -0.2) is 154 Å². The van der Waals surface area contributed by atoms with Crippen molar-refractivity contribution in [3.63, 3.8) is 0 Å².